The molecule has 0 aliphatic heterocycles. The smallest absolute Gasteiger partial charge is 0.231 e. The van der Waals surface area contributed by atoms with E-state index in [1.165, 1.54) is 24.8 Å². The highest BCUT2D eigenvalue weighted by molar-refractivity contribution is 9.10. The van der Waals surface area contributed by atoms with Gasteiger partial charge in [0.2, 0.25) is 11.7 Å². The van der Waals surface area contributed by atoms with Crippen LogP contribution in [0, 0.1) is 6.92 Å². The van der Waals surface area contributed by atoms with Crippen LogP contribution in [0.5, 0.6) is 0 Å². The van der Waals surface area contributed by atoms with E-state index in [0.29, 0.717) is 17.8 Å². The summed E-state index contributed by atoms with van der Waals surface area (Å²) in [5.41, 5.74) is 2.18. The number of aromatic nitrogens is 2. The van der Waals surface area contributed by atoms with E-state index >= 15 is 0 Å². The second-order valence-electron chi connectivity index (χ2n) is 5.71. The van der Waals surface area contributed by atoms with E-state index in [4.69, 9.17) is 4.52 Å². The Hall–Kier alpha value is -1.20. The van der Waals surface area contributed by atoms with Crippen molar-refractivity contribution in [1.82, 2.24) is 15.5 Å². The topological polar surface area (TPSA) is 51.0 Å². The molecule has 5 heteroatoms. The van der Waals surface area contributed by atoms with Gasteiger partial charge in [-0.25, -0.2) is 0 Å². The molecule has 0 radical (unpaired) electrons. The molecule has 1 aliphatic carbocycles. The lowest BCUT2D eigenvalue weighted by Crippen LogP contribution is -2.34. The summed E-state index contributed by atoms with van der Waals surface area (Å²) in [5, 5.41) is 7.55. The molecule has 0 amide bonds. The summed E-state index contributed by atoms with van der Waals surface area (Å²) in [6.45, 7) is 2.06. The van der Waals surface area contributed by atoms with Gasteiger partial charge in [-0.1, -0.05) is 46.1 Å². The molecule has 2 unspecified atom stereocenters. The summed E-state index contributed by atoms with van der Waals surface area (Å²) < 4.78 is 6.61. The maximum absolute atomic E-state index is 5.54. The maximum Gasteiger partial charge on any atom is 0.231 e. The van der Waals surface area contributed by atoms with Crippen LogP contribution in [-0.4, -0.2) is 23.2 Å². The molecule has 1 heterocycles. The zero-order valence-corrected chi connectivity index (χ0v) is 14.0. The van der Waals surface area contributed by atoms with Gasteiger partial charge in [0.1, 0.15) is 0 Å². The van der Waals surface area contributed by atoms with Crippen molar-refractivity contribution >= 4 is 15.9 Å². The van der Waals surface area contributed by atoms with Crippen LogP contribution in [0.25, 0.3) is 11.4 Å². The Bertz CT molecular complexity index is 626. The lowest BCUT2D eigenvalue weighted by Gasteiger charge is -2.28. The number of likely N-dealkylation sites (N-methyl/N-ethyl adjacent to an activating group) is 1. The van der Waals surface area contributed by atoms with Crippen LogP contribution in [0.4, 0.5) is 0 Å². The van der Waals surface area contributed by atoms with E-state index in [0.717, 1.165) is 22.3 Å². The molecular weight excluding hydrogens is 330 g/mol. The number of halogens is 1. The average molecular weight is 350 g/mol. The molecule has 4 nitrogen and oxygen atoms in total. The van der Waals surface area contributed by atoms with Crippen LogP contribution in [0.15, 0.2) is 27.2 Å². The fraction of sp³-hybridized carbons (Fsp3) is 0.500. The highest BCUT2D eigenvalue weighted by Crippen LogP contribution is 2.33. The van der Waals surface area contributed by atoms with Crippen molar-refractivity contribution in [1.29, 1.82) is 0 Å². The van der Waals surface area contributed by atoms with Crippen molar-refractivity contribution in [3.8, 4) is 11.4 Å². The SMILES string of the molecule is CNC1CCCCC1c1nc(-c2ccc(C)c(Br)c2)no1. The number of nitrogens with one attached hydrogen (secondary N) is 1. The normalized spacial score (nSPS) is 22.4. The first-order valence-electron chi connectivity index (χ1n) is 7.46. The quantitative estimate of drug-likeness (QED) is 0.907. The Labute approximate surface area is 133 Å². The van der Waals surface area contributed by atoms with Crippen LogP contribution >= 0.6 is 15.9 Å². The molecule has 21 heavy (non-hydrogen) atoms. The summed E-state index contributed by atoms with van der Waals surface area (Å²) in [6, 6.07) is 6.58. The van der Waals surface area contributed by atoms with Crippen molar-refractivity contribution in [2.75, 3.05) is 7.05 Å². The second-order valence-corrected chi connectivity index (χ2v) is 6.56. The molecule has 112 valence electrons. The molecule has 0 saturated heterocycles. The van der Waals surface area contributed by atoms with Crippen molar-refractivity contribution in [3.63, 3.8) is 0 Å². The lowest BCUT2D eigenvalue weighted by atomic mass is 9.84. The predicted molar refractivity (Wildman–Crippen MR) is 86.2 cm³/mol. The maximum atomic E-state index is 5.54. The predicted octanol–water partition coefficient (Wildman–Crippen LogP) is 4.05. The van der Waals surface area contributed by atoms with Gasteiger partial charge < -0.3 is 9.84 Å². The van der Waals surface area contributed by atoms with E-state index in [1.54, 1.807) is 0 Å². The number of benzene rings is 1. The molecule has 0 spiro atoms. The Morgan fingerprint density at radius 1 is 1.29 bits per heavy atom. The van der Waals surface area contributed by atoms with Gasteiger partial charge in [-0.2, -0.15) is 4.98 Å². The molecule has 1 aliphatic rings. The van der Waals surface area contributed by atoms with Crippen LogP contribution in [-0.2, 0) is 0 Å². The van der Waals surface area contributed by atoms with Gasteiger partial charge in [-0.15, -0.1) is 0 Å². The summed E-state index contributed by atoms with van der Waals surface area (Å²) in [6.07, 6.45) is 4.80. The fourth-order valence-electron chi connectivity index (χ4n) is 3.01. The van der Waals surface area contributed by atoms with E-state index in [9.17, 15) is 0 Å². The Morgan fingerprint density at radius 3 is 2.86 bits per heavy atom. The second kappa shape index (κ2) is 6.28. The minimum Gasteiger partial charge on any atom is -0.339 e. The highest BCUT2D eigenvalue weighted by atomic mass is 79.9. The Kier molecular flexibility index (Phi) is 4.40. The third-order valence-electron chi connectivity index (χ3n) is 4.33. The molecule has 1 aromatic carbocycles. The lowest BCUT2D eigenvalue weighted by molar-refractivity contribution is 0.270. The zero-order chi connectivity index (χ0) is 14.8. The number of hydrogen-bond donors (Lipinski definition) is 1. The highest BCUT2D eigenvalue weighted by Gasteiger charge is 2.30. The van der Waals surface area contributed by atoms with E-state index < -0.39 is 0 Å². The Balaban J connectivity index is 1.86. The first-order chi connectivity index (χ1) is 10.2. The molecule has 0 bridgehead atoms. The summed E-state index contributed by atoms with van der Waals surface area (Å²) in [5.74, 6) is 1.77. The molecule has 2 aromatic rings. The van der Waals surface area contributed by atoms with Crippen molar-refractivity contribution < 1.29 is 4.52 Å². The summed E-state index contributed by atoms with van der Waals surface area (Å²) in [7, 11) is 2.01. The minimum atomic E-state index is 0.332. The number of hydrogen-bond acceptors (Lipinski definition) is 4. The molecule has 1 fully saturated rings. The van der Waals surface area contributed by atoms with Gasteiger partial charge in [0.15, 0.2) is 0 Å². The van der Waals surface area contributed by atoms with Crippen LogP contribution in [0.1, 0.15) is 43.1 Å². The van der Waals surface area contributed by atoms with Crippen molar-refractivity contribution in [3.05, 3.63) is 34.1 Å². The molecular formula is C16H20BrN3O. The van der Waals surface area contributed by atoms with Crippen molar-refractivity contribution in [2.45, 2.75) is 44.6 Å². The average Bonchev–Trinajstić information content (AvgIpc) is 2.99. The number of nitrogens with zero attached hydrogens (tertiary/aromatic N) is 2. The van der Waals surface area contributed by atoms with Gasteiger partial charge in [0, 0.05) is 16.1 Å². The molecule has 1 N–H and O–H groups in total. The van der Waals surface area contributed by atoms with E-state index in [2.05, 4.69) is 44.4 Å². The van der Waals surface area contributed by atoms with Crippen LogP contribution in [0.3, 0.4) is 0 Å². The summed E-state index contributed by atoms with van der Waals surface area (Å²) >= 11 is 3.55. The van der Waals surface area contributed by atoms with Crippen LogP contribution in [0.2, 0.25) is 0 Å². The standard InChI is InChI=1S/C16H20BrN3O/c1-10-7-8-11(9-13(10)17)15-19-16(21-20-15)12-5-3-4-6-14(12)18-2/h7-9,12,14,18H,3-6H2,1-2H3. The van der Waals surface area contributed by atoms with Gasteiger partial charge in [-0.3, -0.25) is 0 Å². The third kappa shape index (κ3) is 3.04. The zero-order valence-electron chi connectivity index (χ0n) is 12.4. The van der Waals surface area contributed by atoms with Gasteiger partial charge in [0.05, 0.1) is 5.92 Å². The minimum absolute atomic E-state index is 0.332. The molecule has 2 atom stereocenters. The fourth-order valence-corrected chi connectivity index (χ4v) is 3.39. The first kappa shape index (κ1) is 14.7. The van der Waals surface area contributed by atoms with Crippen LogP contribution < -0.4 is 5.32 Å². The number of aryl methyl sites for hydroxylation is 1. The van der Waals surface area contributed by atoms with Gasteiger partial charge in [-0.05, 0) is 38.4 Å². The Morgan fingerprint density at radius 2 is 2.10 bits per heavy atom. The number of rotatable bonds is 3. The van der Waals surface area contributed by atoms with Crippen molar-refractivity contribution in [2.24, 2.45) is 0 Å². The first-order valence-corrected chi connectivity index (χ1v) is 8.25. The molecule has 3 rings (SSSR count). The largest absolute Gasteiger partial charge is 0.339 e. The van der Waals surface area contributed by atoms with Gasteiger partial charge >= 0.3 is 0 Å². The van der Waals surface area contributed by atoms with E-state index in [1.807, 2.05) is 19.2 Å². The summed E-state index contributed by atoms with van der Waals surface area (Å²) in [4.78, 5) is 4.63. The molecule has 1 saturated carbocycles. The monoisotopic (exact) mass is 349 g/mol. The third-order valence-corrected chi connectivity index (χ3v) is 5.18. The van der Waals surface area contributed by atoms with E-state index in [-0.39, 0.29) is 0 Å². The molecule has 1 aromatic heterocycles. The van der Waals surface area contributed by atoms with Gasteiger partial charge in [0.25, 0.3) is 0 Å².